The molecule has 0 unspecified atom stereocenters. The quantitative estimate of drug-likeness (QED) is 0.429. The Hall–Kier alpha value is -3.80. The second-order valence-corrected chi connectivity index (χ2v) is 9.08. The molecule has 8 nitrogen and oxygen atoms in total. The van der Waals surface area contributed by atoms with Crippen molar-refractivity contribution in [1.82, 2.24) is 0 Å². The number of rotatable bonds is 9. The number of ether oxygens (including phenoxy) is 1. The van der Waals surface area contributed by atoms with Crippen LogP contribution in [-0.4, -0.2) is 36.3 Å². The maximum atomic E-state index is 14.3. The molecule has 1 aliphatic carbocycles. The van der Waals surface area contributed by atoms with Crippen molar-refractivity contribution in [3.8, 4) is 11.8 Å². The third-order valence-corrected chi connectivity index (χ3v) is 5.81. The molecule has 9 heteroatoms. The maximum Gasteiger partial charge on any atom is 0.341 e. The lowest BCUT2D eigenvalue weighted by Gasteiger charge is -2.38. The van der Waals surface area contributed by atoms with Crippen molar-refractivity contribution in [2.45, 2.75) is 52.0 Å². The Morgan fingerprint density at radius 1 is 1.14 bits per heavy atom. The number of carbonyl (C=O) groups is 2. The Morgan fingerprint density at radius 3 is 2.49 bits per heavy atom. The SMILES string of the molecule is CC(C)CN(c1ccc(OCC(=O)O)cc1NC(=O)Nc1ccc(C#N)cc1F)C1CCCCC1. The number of hydrogen-bond acceptors (Lipinski definition) is 5. The summed E-state index contributed by atoms with van der Waals surface area (Å²) >= 11 is 0. The summed E-state index contributed by atoms with van der Waals surface area (Å²) in [6.45, 7) is 4.53. The lowest BCUT2D eigenvalue weighted by Crippen LogP contribution is -2.40. The van der Waals surface area contributed by atoms with E-state index in [1.807, 2.05) is 12.1 Å². The topological polar surface area (TPSA) is 115 Å². The van der Waals surface area contributed by atoms with Crippen LogP contribution in [0.2, 0.25) is 0 Å². The standard InChI is InChI=1S/C26H31FN4O4/c1-17(2)15-31(19-6-4-3-5-7-19)24-11-9-20(35-16-25(32)33)13-23(24)30-26(34)29-22-10-8-18(14-28)12-21(22)27/h8-13,17,19H,3-7,15-16H2,1-2H3,(H,32,33)(H2,29,30,34). The van der Waals surface area contributed by atoms with Crippen LogP contribution in [-0.2, 0) is 4.79 Å². The molecule has 0 heterocycles. The Bertz CT molecular complexity index is 1090. The molecule has 0 bridgehead atoms. The molecule has 0 radical (unpaired) electrons. The van der Waals surface area contributed by atoms with Gasteiger partial charge >= 0.3 is 12.0 Å². The summed E-state index contributed by atoms with van der Waals surface area (Å²) in [5, 5.41) is 23.1. The predicted octanol–water partition coefficient (Wildman–Crippen LogP) is 5.60. The predicted molar refractivity (Wildman–Crippen MR) is 132 cm³/mol. The van der Waals surface area contributed by atoms with E-state index in [0.717, 1.165) is 44.0 Å². The molecular weight excluding hydrogens is 451 g/mol. The van der Waals surface area contributed by atoms with Crippen LogP contribution >= 0.6 is 0 Å². The molecule has 3 N–H and O–H groups in total. The van der Waals surface area contributed by atoms with Crippen LogP contribution in [0.4, 0.5) is 26.2 Å². The summed E-state index contributed by atoms with van der Waals surface area (Å²) in [6.07, 6.45) is 5.58. The highest BCUT2D eigenvalue weighted by atomic mass is 19.1. The van der Waals surface area contributed by atoms with Crippen LogP contribution in [0.1, 0.15) is 51.5 Å². The van der Waals surface area contributed by atoms with E-state index < -0.39 is 24.4 Å². The molecule has 2 aromatic carbocycles. The number of aliphatic carboxylic acids is 1. The van der Waals surface area contributed by atoms with Gasteiger partial charge in [0.25, 0.3) is 0 Å². The zero-order valence-corrected chi connectivity index (χ0v) is 20.0. The number of nitriles is 1. The van der Waals surface area contributed by atoms with Gasteiger partial charge < -0.3 is 25.4 Å². The van der Waals surface area contributed by atoms with E-state index in [-0.39, 0.29) is 11.3 Å². The van der Waals surface area contributed by atoms with Gasteiger partial charge in [0.15, 0.2) is 6.61 Å². The van der Waals surface area contributed by atoms with Crippen molar-refractivity contribution in [2.75, 3.05) is 28.7 Å². The first-order valence-electron chi connectivity index (χ1n) is 11.8. The van der Waals surface area contributed by atoms with Crippen molar-refractivity contribution >= 4 is 29.1 Å². The normalized spacial score (nSPS) is 13.7. The van der Waals surface area contributed by atoms with E-state index in [9.17, 15) is 14.0 Å². The van der Waals surface area contributed by atoms with Gasteiger partial charge in [0.05, 0.1) is 28.7 Å². The van der Waals surface area contributed by atoms with E-state index in [0.29, 0.717) is 23.4 Å². The van der Waals surface area contributed by atoms with Crippen LogP contribution in [0.25, 0.3) is 0 Å². The molecule has 186 valence electrons. The second-order valence-electron chi connectivity index (χ2n) is 9.08. The fourth-order valence-electron chi connectivity index (χ4n) is 4.29. The fourth-order valence-corrected chi connectivity index (χ4v) is 4.29. The molecule has 0 atom stereocenters. The Kier molecular flexibility index (Phi) is 8.90. The lowest BCUT2D eigenvalue weighted by atomic mass is 9.93. The monoisotopic (exact) mass is 482 g/mol. The van der Waals surface area contributed by atoms with Crippen molar-refractivity contribution in [3.05, 3.63) is 47.8 Å². The van der Waals surface area contributed by atoms with Crippen LogP contribution in [0.15, 0.2) is 36.4 Å². The third kappa shape index (κ3) is 7.34. The number of halogens is 1. The van der Waals surface area contributed by atoms with Gasteiger partial charge in [-0.05, 0) is 49.1 Å². The van der Waals surface area contributed by atoms with Crippen molar-refractivity contribution in [1.29, 1.82) is 5.26 Å². The number of nitrogens with zero attached hydrogens (tertiary/aromatic N) is 2. The zero-order valence-electron chi connectivity index (χ0n) is 20.0. The molecule has 1 saturated carbocycles. The van der Waals surface area contributed by atoms with E-state index >= 15 is 0 Å². The third-order valence-electron chi connectivity index (χ3n) is 5.81. The van der Waals surface area contributed by atoms with Crippen molar-refractivity contribution in [3.63, 3.8) is 0 Å². The average molecular weight is 483 g/mol. The molecule has 0 aromatic heterocycles. The molecule has 3 rings (SSSR count). The number of carbonyl (C=O) groups excluding carboxylic acids is 1. The Labute approximate surface area is 204 Å². The highest BCUT2D eigenvalue weighted by molar-refractivity contribution is 6.02. The molecular formula is C26H31FN4O4. The number of nitrogens with one attached hydrogen (secondary N) is 2. The van der Waals surface area contributed by atoms with Crippen LogP contribution in [0.5, 0.6) is 5.75 Å². The Morgan fingerprint density at radius 2 is 1.86 bits per heavy atom. The molecule has 2 amide bonds. The summed E-state index contributed by atoms with van der Waals surface area (Å²) in [5.74, 6) is -1.17. The largest absolute Gasteiger partial charge is 0.482 e. The van der Waals surface area contributed by atoms with Crippen molar-refractivity contribution in [2.24, 2.45) is 5.92 Å². The fraction of sp³-hybridized carbons (Fsp3) is 0.423. The molecule has 0 aliphatic heterocycles. The second kappa shape index (κ2) is 12.1. The molecule has 0 spiro atoms. The van der Waals surface area contributed by atoms with Gasteiger partial charge in [0.2, 0.25) is 0 Å². The highest BCUT2D eigenvalue weighted by Gasteiger charge is 2.25. The first-order valence-corrected chi connectivity index (χ1v) is 11.8. The minimum Gasteiger partial charge on any atom is -0.482 e. The summed E-state index contributed by atoms with van der Waals surface area (Å²) < 4.78 is 19.6. The van der Waals surface area contributed by atoms with Crippen LogP contribution < -0.4 is 20.3 Å². The van der Waals surface area contributed by atoms with Gasteiger partial charge in [-0.25, -0.2) is 14.0 Å². The number of anilines is 3. The molecule has 1 fully saturated rings. The molecule has 0 saturated heterocycles. The molecule has 2 aromatic rings. The number of amides is 2. The molecule has 1 aliphatic rings. The zero-order chi connectivity index (χ0) is 25.4. The lowest BCUT2D eigenvalue weighted by molar-refractivity contribution is -0.139. The number of urea groups is 1. The number of benzene rings is 2. The van der Waals surface area contributed by atoms with E-state index in [1.165, 1.54) is 18.6 Å². The van der Waals surface area contributed by atoms with Crippen molar-refractivity contribution < 1.29 is 23.8 Å². The van der Waals surface area contributed by atoms with Gasteiger partial charge in [-0.3, -0.25) is 0 Å². The minimum absolute atomic E-state index is 0.0624. The van der Waals surface area contributed by atoms with Gasteiger partial charge in [-0.1, -0.05) is 33.1 Å². The number of hydrogen-bond donors (Lipinski definition) is 3. The summed E-state index contributed by atoms with van der Waals surface area (Å²) in [7, 11) is 0. The first-order chi connectivity index (χ1) is 16.8. The maximum absolute atomic E-state index is 14.3. The Balaban J connectivity index is 1.90. The van der Waals surface area contributed by atoms with E-state index in [1.54, 1.807) is 12.1 Å². The minimum atomic E-state index is -1.11. The van der Waals surface area contributed by atoms with E-state index in [4.69, 9.17) is 15.1 Å². The smallest absolute Gasteiger partial charge is 0.341 e. The summed E-state index contributed by atoms with van der Waals surface area (Å²) in [4.78, 5) is 26.1. The van der Waals surface area contributed by atoms with Gasteiger partial charge in [0, 0.05) is 18.7 Å². The first kappa shape index (κ1) is 25.8. The molecule has 35 heavy (non-hydrogen) atoms. The average Bonchev–Trinajstić information content (AvgIpc) is 2.83. The summed E-state index contributed by atoms with van der Waals surface area (Å²) in [5.41, 5.74) is 1.32. The van der Waals surface area contributed by atoms with E-state index in [2.05, 4.69) is 29.4 Å². The van der Waals surface area contributed by atoms with Gasteiger partial charge in [-0.15, -0.1) is 0 Å². The number of carboxylic acid groups (broad SMARTS) is 1. The number of carboxylic acids is 1. The van der Waals surface area contributed by atoms with Gasteiger partial charge in [0.1, 0.15) is 11.6 Å². The van der Waals surface area contributed by atoms with Crippen LogP contribution in [0.3, 0.4) is 0 Å². The summed E-state index contributed by atoms with van der Waals surface area (Å²) in [6, 6.07) is 10.4. The van der Waals surface area contributed by atoms with Crippen LogP contribution in [0, 0.1) is 23.1 Å². The highest BCUT2D eigenvalue weighted by Crippen LogP contribution is 2.36. The van der Waals surface area contributed by atoms with Gasteiger partial charge in [-0.2, -0.15) is 5.26 Å².